The van der Waals surface area contributed by atoms with Crippen LogP contribution in [-0.2, 0) is 9.53 Å². The number of rotatable bonds is 3. The molecule has 4 rings (SSSR count). The standard InChI is InChI=1S/C18H12BrNO5/c1-22-14-7-10(8-15-16(14)24-9-23-15)6-13-18(21)25-17(20-13)11-2-4-12(19)5-3-11/h2-8H,9H2,1H3/b13-6-. The van der Waals surface area contributed by atoms with Gasteiger partial charge in [-0.1, -0.05) is 15.9 Å². The smallest absolute Gasteiger partial charge is 0.363 e. The Kier molecular flexibility index (Phi) is 3.93. The summed E-state index contributed by atoms with van der Waals surface area (Å²) in [6, 6.07) is 10.9. The predicted octanol–water partition coefficient (Wildman–Crippen LogP) is 3.53. The van der Waals surface area contributed by atoms with Gasteiger partial charge in [0, 0.05) is 10.0 Å². The molecule has 0 radical (unpaired) electrons. The zero-order valence-corrected chi connectivity index (χ0v) is 14.7. The third kappa shape index (κ3) is 2.98. The normalized spacial score (nSPS) is 16.8. The van der Waals surface area contributed by atoms with E-state index in [1.54, 1.807) is 25.3 Å². The average Bonchev–Trinajstić information content (AvgIpc) is 3.22. The lowest BCUT2D eigenvalue weighted by atomic mass is 10.1. The first-order valence-electron chi connectivity index (χ1n) is 7.40. The van der Waals surface area contributed by atoms with Gasteiger partial charge in [0.05, 0.1) is 7.11 Å². The van der Waals surface area contributed by atoms with Gasteiger partial charge in [0.2, 0.25) is 18.4 Å². The fraction of sp³-hybridized carbons (Fsp3) is 0.111. The van der Waals surface area contributed by atoms with Crippen molar-refractivity contribution >= 4 is 33.9 Å². The molecular formula is C18H12BrNO5. The van der Waals surface area contributed by atoms with Crippen LogP contribution in [0.4, 0.5) is 0 Å². The molecular weight excluding hydrogens is 390 g/mol. The zero-order valence-electron chi connectivity index (χ0n) is 13.1. The van der Waals surface area contributed by atoms with Crippen LogP contribution >= 0.6 is 15.9 Å². The van der Waals surface area contributed by atoms with Gasteiger partial charge in [0.25, 0.3) is 0 Å². The average molecular weight is 402 g/mol. The lowest BCUT2D eigenvalue weighted by molar-refractivity contribution is -0.129. The van der Waals surface area contributed by atoms with Crippen LogP contribution in [0.2, 0.25) is 0 Å². The van der Waals surface area contributed by atoms with Crippen molar-refractivity contribution in [3.63, 3.8) is 0 Å². The van der Waals surface area contributed by atoms with Crippen molar-refractivity contribution in [2.45, 2.75) is 0 Å². The summed E-state index contributed by atoms with van der Waals surface area (Å²) in [6.45, 7) is 0.139. The van der Waals surface area contributed by atoms with Gasteiger partial charge in [-0.3, -0.25) is 0 Å². The Hall–Kier alpha value is -2.80. The van der Waals surface area contributed by atoms with Crippen LogP contribution < -0.4 is 14.2 Å². The van der Waals surface area contributed by atoms with Crippen molar-refractivity contribution in [2.75, 3.05) is 13.9 Å². The van der Waals surface area contributed by atoms with E-state index in [0.717, 1.165) is 10.0 Å². The lowest BCUT2D eigenvalue weighted by Crippen LogP contribution is -2.05. The number of hydrogen-bond donors (Lipinski definition) is 0. The maximum absolute atomic E-state index is 12.1. The SMILES string of the molecule is COc1cc(/C=C2\N=C(c3ccc(Br)cc3)OC2=O)cc2c1OCO2. The number of methoxy groups -OCH3 is 1. The molecule has 0 bridgehead atoms. The Morgan fingerprint density at radius 1 is 1.20 bits per heavy atom. The Morgan fingerprint density at radius 2 is 2.00 bits per heavy atom. The van der Waals surface area contributed by atoms with Crippen LogP contribution in [-0.4, -0.2) is 25.8 Å². The number of esters is 1. The number of ether oxygens (including phenoxy) is 4. The van der Waals surface area contributed by atoms with E-state index in [0.29, 0.717) is 22.8 Å². The molecule has 7 heteroatoms. The van der Waals surface area contributed by atoms with Gasteiger partial charge in [0.15, 0.2) is 17.2 Å². The number of nitrogens with zero attached hydrogens (tertiary/aromatic N) is 1. The number of carbonyl (C=O) groups excluding carboxylic acids is 1. The van der Waals surface area contributed by atoms with Crippen LogP contribution in [0.1, 0.15) is 11.1 Å². The molecule has 0 saturated heterocycles. The van der Waals surface area contributed by atoms with E-state index in [-0.39, 0.29) is 18.4 Å². The minimum atomic E-state index is -0.505. The summed E-state index contributed by atoms with van der Waals surface area (Å²) in [6.07, 6.45) is 1.62. The van der Waals surface area contributed by atoms with E-state index in [4.69, 9.17) is 18.9 Å². The summed E-state index contributed by atoms with van der Waals surface area (Å²) in [5.41, 5.74) is 1.64. The Labute approximate surface area is 151 Å². The number of carbonyl (C=O) groups is 1. The molecule has 25 heavy (non-hydrogen) atoms. The highest BCUT2D eigenvalue weighted by Crippen LogP contribution is 2.42. The third-order valence-corrected chi connectivity index (χ3v) is 4.22. The van der Waals surface area contributed by atoms with Gasteiger partial charge in [-0.2, -0.15) is 0 Å². The highest BCUT2D eigenvalue weighted by molar-refractivity contribution is 9.10. The van der Waals surface area contributed by atoms with Crippen molar-refractivity contribution in [3.8, 4) is 17.2 Å². The van der Waals surface area contributed by atoms with Gasteiger partial charge >= 0.3 is 5.97 Å². The summed E-state index contributed by atoms with van der Waals surface area (Å²) in [5, 5.41) is 0. The summed E-state index contributed by atoms with van der Waals surface area (Å²) >= 11 is 3.37. The quantitative estimate of drug-likeness (QED) is 0.581. The molecule has 2 aromatic rings. The zero-order chi connectivity index (χ0) is 17.4. The molecule has 2 aliphatic rings. The molecule has 0 atom stereocenters. The highest BCUT2D eigenvalue weighted by Gasteiger charge is 2.25. The second-order valence-corrected chi connectivity index (χ2v) is 6.22. The molecule has 2 aliphatic heterocycles. The number of cyclic esters (lactones) is 1. The second-order valence-electron chi connectivity index (χ2n) is 5.30. The molecule has 2 heterocycles. The summed E-state index contributed by atoms with van der Waals surface area (Å²) < 4.78 is 22.2. The largest absolute Gasteiger partial charge is 0.493 e. The molecule has 0 fully saturated rings. The van der Waals surface area contributed by atoms with Gasteiger partial charge in [0.1, 0.15) is 0 Å². The van der Waals surface area contributed by atoms with Crippen molar-refractivity contribution in [1.29, 1.82) is 0 Å². The maximum atomic E-state index is 12.1. The van der Waals surface area contributed by atoms with Crippen LogP contribution in [0.3, 0.4) is 0 Å². The molecule has 2 aromatic carbocycles. The first-order valence-corrected chi connectivity index (χ1v) is 8.19. The molecule has 0 N–H and O–H groups in total. The second kappa shape index (κ2) is 6.25. The van der Waals surface area contributed by atoms with E-state index in [2.05, 4.69) is 20.9 Å². The van der Waals surface area contributed by atoms with Gasteiger partial charge in [-0.25, -0.2) is 9.79 Å². The van der Waals surface area contributed by atoms with Crippen molar-refractivity contribution in [2.24, 2.45) is 4.99 Å². The van der Waals surface area contributed by atoms with Crippen molar-refractivity contribution < 1.29 is 23.7 Å². The summed E-state index contributed by atoms with van der Waals surface area (Å²) in [7, 11) is 1.54. The summed E-state index contributed by atoms with van der Waals surface area (Å²) in [5.74, 6) is 1.42. The minimum absolute atomic E-state index is 0.139. The van der Waals surface area contributed by atoms with E-state index in [9.17, 15) is 4.79 Å². The van der Waals surface area contributed by atoms with E-state index >= 15 is 0 Å². The molecule has 0 saturated carbocycles. The first-order chi connectivity index (χ1) is 12.1. The van der Waals surface area contributed by atoms with Crippen LogP contribution in [0, 0.1) is 0 Å². The fourth-order valence-corrected chi connectivity index (χ4v) is 2.78. The number of fused-ring (bicyclic) bond motifs is 1. The van der Waals surface area contributed by atoms with Crippen molar-refractivity contribution in [1.82, 2.24) is 0 Å². The lowest BCUT2D eigenvalue weighted by Gasteiger charge is -2.05. The van der Waals surface area contributed by atoms with Crippen LogP contribution in [0.25, 0.3) is 6.08 Å². The minimum Gasteiger partial charge on any atom is -0.493 e. The summed E-state index contributed by atoms with van der Waals surface area (Å²) in [4.78, 5) is 16.4. The van der Waals surface area contributed by atoms with Gasteiger partial charge < -0.3 is 18.9 Å². The Balaban J connectivity index is 1.69. The first kappa shape index (κ1) is 15.7. The molecule has 6 nitrogen and oxygen atoms in total. The topological polar surface area (TPSA) is 66.4 Å². The molecule has 0 unspecified atom stereocenters. The van der Waals surface area contributed by atoms with Crippen LogP contribution in [0.15, 0.2) is 51.6 Å². The monoisotopic (exact) mass is 401 g/mol. The molecule has 0 aromatic heterocycles. The molecule has 0 spiro atoms. The Bertz CT molecular complexity index is 918. The van der Waals surface area contributed by atoms with E-state index in [1.165, 1.54) is 0 Å². The van der Waals surface area contributed by atoms with E-state index < -0.39 is 5.97 Å². The maximum Gasteiger partial charge on any atom is 0.363 e. The number of hydrogen-bond acceptors (Lipinski definition) is 6. The molecule has 0 aliphatic carbocycles. The molecule has 126 valence electrons. The van der Waals surface area contributed by atoms with E-state index in [1.807, 2.05) is 24.3 Å². The van der Waals surface area contributed by atoms with Crippen molar-refractivity contribution in [3.05, 3.63) is 57.7 Å². The van der Waals surface area contributed by atoms with Crippen LogP contribution in [0.5, 0.6) is 17.2 Å². The number of aliphatic imine (C=N–C) groups is 1. The van der Waals surface area contributed by atoms with Gasteiger partial charge in [-0.05, 0) is 48.0 Å². The number of halogens is 1. The number of benzene rings is 2. The van der Waals surface area contributed by atoms with Gasteiger partial charge in [-0.15, -0.1) is 0 Å². The molecule has 0 amide bonds. The Morgan fingerprint density at radius 3 is 2.76 bits per heavy atom. The predicted molar refractivity (Wildman–Crippen MR) is 93.9 cm³/mol. The fourth-order valence-electron chi connectivity index (χ4n) is 2.52. The third-order valence-electron chi connectivity index (χ3n) is 3.70. The highest BCUT2D eigenvalue weighted by atomic mass is 79.9.